The predicted molar refractivity (Wildman–Crippen MR) is 118 cm³/mol. The number of methoxy groups -OCH3 is 1. The number of rotatable bonds is 6. The maximum absolute atomic E-state index is 12.3. The standard InChI is InChI=1S/C17H13Cl4N5O2S/c1-28-11-5-3-2-4-8(11)16-24-25-17(26(16)22)29-7-12(27)23-15-13(20)9(18)6-10(19)14(15)21/h2-6H,7,22H2,1H3,(H,23,27). The molecule has 0 atom stereocenters. The van der Waals surface area contributed by atoms with E-state index in [1.807, 2.05) is 12.1 Å². The lowest BCUT2D eigenvalue weighted by Crippen LogP contribution is -2.17. The van der Waals surface area contributed by atoms with E-state index < -0.39 is 5.91 Å². The molecule has 3 N–H and O–H groups in total. The molecule has 12 heteroatoms. The molecule has 2 aromatic carbocycles. The summed E-state index contributed by atoms with van der Waals surface area (Å²) in [4.78, 5) is 12.3. The van der Waals surface area contributed by atoms with Gasteiger partial charge in [0, 0.05) is 0 Å². The fourth-order valence-electron chi connectivity index (χ4n) is 2.38. The van der Waals surface area contributed by atoms with Crippen molar-refractivity contribution in [1.29, 1.82) is 0 Å². The van der Waals surface area contributed by atoms with Crippen molar-refractivity contribution >= 4 is 69.8 Å². The minimum Gasteiger partial charge on any atom is -0.496 e. The summed E-state index contributed by atoms with van der Waals surface area (Å²) in [7, 11) is 1.55. The predicted octanol–water partition coefficient (Wildman–Crippen LogP) is 5.01. The Balaban J connectivity index is 1.73. The normalized spacial score (nSPS) is 10.8. The Morgan fingerprint density at radius 3 is 2.48 bits per heavy atom. The highest BCUT2D eigenvalue weighted by Gasteiger charge is 2.19. The fraction of sp³-hybridized carbons (Fsp3) is 0.118. The van der Waals surface area contributed by atoms with Crippen LogP contribution in [0.4, 0.5) is 5.69 Å². The van der Waals surface area contributed by atoms with Gasteiger partial charge in [-0.3, -0.25) is 4.79 Å². The molecule has 0 aliphatic heterocycles. The molecule has 0 aliphatic carbocycles. The van der Waals surface area contributed by atoms with Crippen molar-refractivity contribution in [2.24, 2.45) is 0 Å². The number of anilines is 1. The molecule has 0 spiro atoms. The number of benzene rings is 2. The van der Waals surface area contributed by atoms with Crippen LogP contribution in [0.25, 0.3) is 11.4 Å². The maximum atomic E-state index is 12.3. The number of nitrogens with zero attached hydrogens (tertiary/aromatic N) is 3. The lowest BCUT2D eigenvalue weighted by atomic mass is 10.2. The molecule has 1 heterocycles. The van der Waals surface area contributed by atoms with E-state index in [9.17, 15) is 4.79 Å². The van der Waals surface area contributed by atoms with Crippen LogP contribution in [-0.4, -0.2) is 33.6 Å². The average molecular weight is 493 g/mol. The van der Waals surface area contributed by atoms with Crippen molar-refractivity contribution in [1.82, 2.24) is 14.9 Å². The highest BCUT2D eigenvalue weighted by molar-refractivity contribution is 7.99. The van der Waals surface area contributed by atoms with Gasteiger partial charge in [-0.25, -0.2) is 4.68 Å². The average Bonchev–Trinajstić information content (AvgIpc) is 3.08. The van der Waals surface area contributed by atoms with Gasteiger partial charge < -0.3 is 15.9 Å². The van der Waals surface area contributed by atoms with Crippen molar-refractivity contribution in [3.63, 3.8) is 0 Å². The molecule has 0 saturated carbocycles. The maximum Gasteiger partial charge on any atom is 0.234 e. The molecule has 0 bridgehead atoms. The zero-order valence-corrected chi connectivity index (χ0v) is 18.6. The number of ether oxygens (including phenoxy) is 1. The quantitative estimate of drug-likeness (QED) is 0.285. The van der Waals surface area contributed by atoms with Crippen LogP contribution < -0.4 is 15.9 Å². The van der Waals surface area contributed by atoms with Gasteiger partial charge in [0.15, 0.2) is 5.82 Å². The first-order valence-corrected chi connectivity index (χ1v) is 10.4. The molecule has 29 heavy (non-hydrogen) atoms. The second kappa shape index (κ2) is 9.32. The van der Waals surface area contributed by atoms with Crippen LogP contribution in [0, 0.1) is 0 Å². The van der Waals surface area contributed by atoms with Gasteiger partial charge in [0.1, 0.15) is 5.75 Å². The van der Waals surface area contributed by atoms with E-state index in [-0.39, 0.29) is 31.5 Å². The Kier molecular flexibility index (Phi) is 7.02. The number of halogens is 4. The summed E-state index contributed by atoms with van der Waals surface area (Å²) in [5, 5.41) is 11.6. The van der Waals surface area contributed by atoms with Gasteiger partial charge in [-0.1, -0.05) is 70.3 Å². The molecule has 1 aromatic heterocycles. The number of amides is 1. The highest BCUT2D eigenvalue weighted by Crippen LogP contribution is 2.41. The van der Waals surface area contributed by atoms with Crippen molar-refractivity contribution in [2.75, 3.05) is 24.0 Å². The topological polar surface area (TPSA) is 95.1 Å². The molecular weight excluding hydrogens is 480 g/mol. The lowest BCUT2D eigenvalue weighted by molar-refractivity contribution is -0.113. The van der Waals surface area contributed by atoms with Crippen LogP contribution in [0.2, 0.25) is 20.1 Å². The van der Waals surface area contributed by atoms with Gasteiger partial charge in [0.25, 0.3) is 0 Å². The van der Waals surface area contributed by atoms with E-state index in [0.717, 1.165) is 11.8 Å². The molecule has 0 saturated heterocycles. The van der Waals surface area contributed by atoms with Crippen LogP contribution in [0.5, 0.6) is 5.75 Å². The van der Waals surface area contributed by atoms with Crippen LogP contribution in [0.15, 0.2) is 35.5 Å². The third-order valence-electron chi connectivity index (χ3n) is 3.72. The van der Waals surface area contributed by atoms with Gasteiger partial charge in [-0.2, -0.15) is 0 Å². The summed E-state index contributed by atoms with van der Waals surface area (Å²) in [6, 6.07) is 8.65. The zero-order valence-electron chi connectivity index (χ0n) is 14.7. The summed E-state index contributed by atoms with van der Waals surface area (Å²) < 4.78 is 6.60. The smallest absolute Gasteiger partial charge is 0.234 e. The third kappa shape index (κ3) is 4.67. The molecule has 1 amide bonds. The SMILES string of the molecule is COc1ccccc1-c1nnc(SCC(=O)Nc2c(Cl)c(Cl)cc(Cl)c2Cl)n1N. The number of nitrogen functional groups attached to an aromatic ring is 1. The summed E-state index contributed by atoms with van der Waals surface area (Å²) in [6.07, 6.45) is 0. The monoisotopic (exact) mass is 491 g/mol. The number of carbonyl (C=O) groups is 1. The summed E-state index contributed by atoms with van der Waals surface area (Å²) >= 11 is 25.2. The number of para-hydroxylation sites is 1. The number of nitrogens with two attached hydrogens (primary N) is 1. The zero-order chi connectivity index (χ0) is 21.1. The molecule has 0 aliphatic rings. The van der Waals surface area contributed by atoms with Crippen molar-refractivity contribution < 1.29 is 9.53 Å². The Hall–Kier alpha value is -1.84. The second-order valence-corrected chi connectivity index (χ2v) is 8.07. The number of nitrogens with one attached hydrogen (secondary N) is 1. The van der Waals surface area contributed by atoms with Gasteiger partial charge in [0.05, 0.1) is 44.2 Å². The van der Waals surface area contributed by atoms with Crippen molar-refractivity contribution in [3.8, 4) is 17.1 Å². The van der Waals surface area contributed by atoms with Gasteiger partial charge in [0.2, 0.25) is 11.1 Å². The Labute approximate surface area is 190 Å². The Morgan fingerprint density at radius 1 is 1.17 bits per heavy atom. The first-order valence-electron chi connectivity index (χ1n) is 7.93. The molecule has 3 rings (SSSR count). The van der Waals surface area contributed by atoms with E-state index >= 15 is 0 Å². The number of hydrogen-bond donors (Lipinski definition) is 2. The van der Waals surface area contributed by atoms with Crippen LogP contribution >= 0.6 is 58.2 Å². The lowest BCUT2D eigenvalue weighted by Gasteiger charge is -2.11. The first kappa shape index (κ1) is 21.9. The minimum atomic E-state index is -0.404. The second-order valence-electron chi connectivity index (χ2n) is 5.56. The third-order valence-corrected chi connectivity index (χ3v) is 6.24. The van der Waals surface area contributed by atoms with Crippen LogP contribution in [0.3, 0.4) is 0 Å². The summed E-state index contributed by atoms with van der Waals surface area (Å²) in [5.74, 6) is 6.66. The van der Waals surface area contributed by atoms with Crippen molar-refractivity contribution in [2.45, 2.75) is 5.16 Å². The van der Waals surface area contributed by atoms with Gasteiger partial charge in [-0.05, 0) is 18.2 Å². The summed E-state index contributed by atoms with van der Waals surface area (Å²) in [5.41, 5.74) is 0.814. The Morgan fingerprint density at radius 2 is 1.83 bits per heavy atom. The molecule has 3 aromatic rings. The molecule has 152 valence electrons. The Bertz CT molecular complexity index is 1050. The number of thioether (sulfide) groups is 1. The molecule has 7 nitrogen and oxygen atoms in total. The van der Waals surface area contributed by atoms with Gasteiger partial charge >= 0.3 is 0 Å². The highest BCUT2D eigenvalue weighted by atomic mass is 35.5. The van der Waals surface area contributed by atoms with E-state index in [1.165, 1.54) is 10.7 Å². The van der Waals surface area contributed by atoms with E-state index in [0.29, 0.717) is 22.3 Å². The first-order chi connectivity index (χ1) is 13.8. The summed E-state index contributed by atoms with van der Waals surface area (Å²) in [6.45, 7) is 0. The van der Waals surface area contributed by atoms with E-state index in [4.69, 9.17) is 57.0 Å². The van der Waals surface area contributed by atoms with E-state index in [1.54, 1.807) is 19.2 Å². The van der Waals surface area contributed by atoms with Crippen LogP contribution in [-0.2, 0) is 4.79 Å². The molecule has 0 radical (unpaired) electrons. The molecule has 0 unspecified atom stereocenters. The molecular formula is C17H13Cl4N5O2S. The number of hydrogen-bond acceptors (Lipinski definition) is 6. The molecule has 0 fully saturated rings. The van der Waals surface area contributed by atoms with E-state index in [2.05, 4.69) is 15.5 Å². The fourth-order valence-corrected chi connectivity index (χ4v) is 3.94. The number of aromatic nitrogens is 3. The van der Waals surface area contributed by atoms with Gasteiger partial charge in [-0.15, -0.1) is 10.2 Å². The van der Waals surface area contributed by atoms with Crippen molar-refractivity contribution in [3.05, 3.63) is 50.4 Å². The largest absolute Gasteiger partial charge is 0.496 e. The number of carbonyl (C=O) groups excluding carboxylic acids is 1. The minimum absolute atomic E-state index is 0.0297. The van der Waals surface area contributed by atoms with Crippen LogP contribution in [0.1, 0.15) is 0 Å².